The van der Waals surface area contributed by atoms with Crippen LogP contribution in [-0.2, 0) is 4.79 Å². The topological polar surface area (TPSA) is 109 Å². The van der Waals surface area contributed by atoms with Gasteiger partial charge in [-0.15, -0.1) is 0 Å². The maximum atomic E-state index is 12.4. The Balaban J connectivity index is 0.000000391. The van der Waals surface area contributed by atoms with E-state index >= 15 is 0 Å². The number of nitriles is 1. The summed E-state index contributed by atoms with van der Waals surface area (Å²) in [6.45, 7) is 20.2. The number of unbranched alkanes of at least 4 members (excludes halogenated alkanes) is 4. The van der Waals surface area contributed by atoms with Crippen LogP contribution in [0.5, 0.6) is 0 Å². The fourth-order valence-corrected chi connectivity index (χ4v) is 4.66. The van der Waals surface area contributed by atoms with E-state index in [-0.39, 0.29) is 23.0 Å². The lowest BCUT2D eigenvalue weighted by atomic mass is 9.89. The van der Waals surface area contributed by atoms with Crippen LogP contribution in [0, 0.1) is 17.4 Å². The van der Waals surface area contributed by atoms with Crippen molar-refractivity contribution in [1.29, 1.82) is 5.26 Å². The molecule has 0 saturated carbocycles. The van der Waals surface area contributed by atoms with Crippen molar-refractivity contribution in [3.05, 3.63) is 29.6 Å². The molecule has 1 atom stereocenters. The number of hydrogen-bond donors (Lipinski definition) is 0. The number of quaternary nitrogens is 1. The number of nitrogens with zero attached hydrogens (tertiary/aromatic N) is 5. The summed E-state index contributed by atoms with van der Waals surface area (Å²) in [5, 5.41) is 20.4. The number of aromatic carboxylic acids is 1. The fraction of sp³-hybridized carbons (Fsp3) is 0.700. The Hall–Kier alpha value is -2.79. The number of hydrogen-bond acceptors (Lipinski definition) is 6. The summed E-state index contributed by atoms with van der Waals surface area (Å²) in [5.41, 5.74) is -1.37. The largest absolute Gasteiger partial charge is 0.545 e. The molecule has 2 rings (SSSR count). The zero-order chi connectivity index (χ0) is 28.8. The molecule has 2 heterocycles. The molecule has 0 bridgehead atoms. The second-order valence-corrected chi connectivity index (χ2v) is 10.8. The summed E-state index contributed by atoms with van der Waals surface area (Å²) >= 11 is 0. The summed E-state index contributed by atoms with van der Waals surface area (Å²) in [6, 6.07) is 2.73. The molecule has 0 spiro atoms. The van der Waals surface area contributed by atoms with Gasteiger partial charge in [0.15, 0.2) is 12.0 Å². The van der Waals surface area contributed by atoms with Gasteiger partial charge in [-0.25, -0.2) is 4.99 Å². The zero-order valence-electron chi connectivity index (χ0n) is 24.8. The van der Waals surface area contributed by atoms with E-state index in [9.17, 15) is 20.0 Å². The Labute approximate surface area is 230 Å². The van der Waals surface area contributed by atoms with Gasteiger partial charge in [0.2, 0.25) is 0 Å². The van der Waals surface area contributed by atoms with Crippen LogP contribution in [0.3, 0.4) is 0 Å². The molecule has 1 amide bonds. The van der Waals surface area contributed by atoms with Crippen molar-refractivity contribution < 1.29 is 19.2 Å². The SMILES string of the molecule is CC(C)C1(C)N=C(c2ncccc2C(=O)[O-])N(C#N)C1=O.CCCC[N+](CCCC)(CCCC)CCCC. The fourth-order valence-electron chi connectivity index (χ4n) is 4.66. The number of rotatable bonds is 15. The highest BCUT2D eigenvalue weighted by Crippen LogP contribution is 2.31. The molecule has 0 fully saturated rings. The van der Waals surface area contributed by atoms with Crippen LogP contribution in [0.15, 0.2) is 23.3 Å². The molecule has 8 nitrogen and oxygen atoms in total. The van der Waals surface area contributed by atoms with Crippen molar-refractivity contribution in [2.45, 2.75) is 105 Å². The minimum absolute atomic E-state index is 0.0447. The van der Waals surface area contributed by atoms with Gasteiger partial charge in [0.1, 0.15) is 11.2 Å². The average molecular weight is 528 g/mol. The van der Waals surface area contributed by atoms with Crippen LogP contribution in [0.25, 0.3) is 0 Å². The average Bonchev–Trinajstić information content (AvgIpc) is 3.18. The number of carbonyl (C=O) groups excluding carboxylic acids is 2. The van der Waals surface area contributed by atoms with Crippen molar-refractivity contribution in [3.63, 3.8) is 0 Å². The van der Waals surface area contributed by atoms with Crippen molar-refractivity contribution in [3.8, 4) is 6.19 Å². The van der Waals surface area contributed by atoms with E-state index in [2.05, 4.69) is 37.7 Å². The van der Waals surface area contributed by atoms with Crippen LogP contribution in [0.2, 0.25) is 0 Å². The summed E-state index contributed by atoms with van der Waals surface area (Å²) in [7, 11) is 0. The molecule has 38 heavy (non-hydrogen) atoms. The number of carboxylic acid groups (broad SMARTS) is 1. The molecule has 212 valence electrons. The van der Waals surface area contributed by atoms with Crippen molar-refractivity contribution in [2.75, 3.05) is 26.2 Å². The lowest BCUT2D eigenvalue weighted by Gasteiger charge is -2.39. The van der Waals surface area contributed by atoms with E-state index < -0.39 is 17.4 Å². The molecular weight excluding hydrogens is 478 g/mol. The number of amides is 1. The molecule has 1 aliphatic rings. The molecular formula is C30H49N5O3. The summed E-state index contributed by atoms with van der Waals surface area (Å²) in [6.07, 6.45) is 14.2. The van der Waals surface area contributed by atoms with Gasteiger partial charge in [-0.05, 0) is 50.7 Å². The number of amidine groups is 1. The normalized spacial score (nSPS) is 17.2. The number of pyridine rings is 1. The lowest BCUT2D eigenvalue weighted by molar-refractivity contribution is -0.929. The molecule has 0 aliphatic carbocycles. The molecule has 0 aromatic carbocycles. The van der Waals surface area contributed by atoms with Crippen LogP contribution in [0.1, 0.15) is 116 Å². The van der Waals surface area contributed by atoms with Gasteiger partial charge in [-0.2, -0.15) is 10.2 Å². The van der Waals surface area contributed by atoms with Crippen LogP contribution >= 0.6 is 0 Å². The van der Waals surface area contributed by atoms with Crippen molar-refractivity contribution >= 4 is 17.7 Å². The Morgan fingerprint density at radius 3 is 1.87 bits per heavy atom. The summed E-state index contributed by atoms with van der Waals surface area (Å²) in [5.74, 6) is -2.15. The monoisotopic (exact) mass is 527 g/mol. The van der Waals surface area contributed by atoms with E-state index in [0.29, 0.717) is 0 Å². The highest BCUT2D eigenvalue weighted by atomic mass is 16.4. The lowest BCUT2D eigenvalue weighted by Crippen LogP contribution is -2.50. The number of aromatic nitrogens is 1. The van der Waals surface area contributed by atoms with Gasteiger partial charge in [0.05, 0.1) is 32.1 Å². The van der Waals surface area contributed by atoms with E-state index in [1.54, 1.807) is 27.0 Å². The summed E-state index contributed by atoms with van der Waals surface area (Å²) in [4.78, 5) is 32.5. The van der Waals surface area contributed by atoms with Gasteiger partial charge in [0, 0.05) is 11.8 Å². The molecule has 1 aromatic rings. The number of carboxylic acids is 1. The molecule has 0 N–H and O–H groups in total. The predicted molar refractivity (Wildman–Crippen MR) is 150 cm³/mol. The highest BCUT2D eigenvalue weighted by Gasteiger charge is 2.48. The quantitative estimate of drug-likeness (QED) is 0.237. The number of aliphatic imine (C=N–C) groups is 1. The van der Waals surface area contributed by atoms with Gasteiger partial charge in [0.25, 0.3) is 5.91 Å². The van der Waals surface area contributed by atoms with E-state index in [1.807, 2.05) is 0 Å². The number of carbonyl (C=O) groups is 2. The Bertz CT molecular complexity index is 931. The van der Waals surface area contributed by atoms with Crippen LogP contribution < -0.4 is 5.11 Å². The third kappa shape index (κ3) is 8.62. The van der Waals surface area contributed by atoms with Crippen molar-refractivity contribution in [2.24, 2.45) is 10.9 Å². The third-order valence-corrected chi connectivity index (χ3v) is 7.59. The molecule has 1 aliphatic heterocycles. The third-order valence-electron chi connectivity index (χ3n) is 7.59. The van der Waals surface area contributed by atoms with Gasteiger partial charge < -0.3 is 14.4 Å². The van der Waals surface area contributed by atoms with Gasteiger partial charge >= 0.3 is 0 Å². The first-order valence-corrected chi connectivity index (χ1v) is 14.4. The zero-order valence-corrected chi connectivity index (χ0v) is 24.8. The minimum Gasteiger partial charge on any atom is -0.545 e. The molecule has 8 heteroatoms. The second kappa shape index (κ2) is 16.2. The Kier molecular flexibility index (Phi) is 14.2. The van der Waals surface area contributed by atoms with Crippen molar-refractivity contribution in [1.82, 2.24) is 9.88 Å². The molecule has 1 unspecified atom stereocenters. The minimum atomic E-state index is -1.44. The molecule has 0 radical (unpaired) electrons. The Morgan fingerprint density at radius 2 is 1.50 bits per heavy atom. The molecule has 0 saturated heterocycles. The Morgan fingerprint density at radius 1 is 1.03 bits per heavy atom. The van der Waals surface area contributed by atoms with Crippen LogP contribution in [0.4, 0.5) is 0 Å². The van der Waals surface area contributed by atoms with Crippen LogP contribution in [-0.4, -0.2) is 63.8 Å². The standard InChI is InChI=1S/C16H36N.C14H14N4O3/c1-5-9-13-17(14-10-6-2,15-11-7-3)16-12-8-4;1-8(2)14(3)13(21)18(7-15)11(17-14)10-9(12(19)20)5-4-6-16-10/h5-16H2,1-4H3;4-6,8H,1-3H3,(H,19,20)/q+1;/p-1. The first-order valence-electron chi connectivity index (χ1n) is 14.4. The maximum Gasteiger partial charge on any atom is 0.269 e. The molecule has 1 aromatic heterocycles. The maximum absolute atomic E-state index is 12.4. The predicted octanol–water partition coefficient (Wildman–Crippen LogP) is 4.93. The van der Waals surface area contributed by atoms with E-state index in [0.717, 1.165) is 4.90 Å². The first-order chi connectivity index (χ1) is 18.1. The van der Waals surface area contributed by atoms with E-state index in [1.165, 1.54) is 100 Å². The smallest absolute Gasteiger partial charge is 0.269 e. The van der Waals surface area contributed by atoms with E-state index in [4.69, 9.17) is 0 Å². The van der Waals surface area contributed by atoms with Gasteiger partial charge in [-0.1, -0.05) is 67.2 Å². The first kappa shape index (κ1) is 33.2. The summed E-state index contributed by atoms with van der Waals surface area (Å²) < 4.78 is 1.42. The van der Waals surface area contributed by atoms with Gasteiger partial charge in [-0.3, -0.25) is 9.78 Å². The highest BCUT2D eigenvalue weighted by molar-refractivity contribution is 6.18. The second-order valence-electron chi connectivity index (χ2n) is 10.8.